The predicted octanol–water partition coefficient (Wildman–Crippen LogP) is 1.33. The van der Waals surface area contributed by atoms with Crippen molar-refractivity contribution in [3.05, 3.63) is 22.6 Å². The first-order valence-corrected chi connectivity index (χ1v) is 7.11. The third-order valence-corrected chi connectivity index (χ3v) is 3.64. The Labute approximate surface area is 126 Å². The molecule has 1 fully saturated rings. The fraction of sp³-hybridized carbons (Fsp3) is 0.417. The lowest BCUT2D eigenvalue weighted by Crippen LogP contribution is -2.40. The fourth-order valence-corrected chi connectivity index (χ4v) is 2.53. The van der Waals surface area contributed by atoms with E-state index in [-0.39, 0.29) is 6.54 Å². The first-order chi connectivity index (χ1) is 9.93. The van der Waals surface area contributed by atoms with Gasteiger partial charge in [-0.3, -0.25) is 10.1 Å². The van der Waals surface area contributed by atoms with E-state index in [1.807, 2.05) is 6.07 Å². The molecule has 21 heavy (non-hydrogen) atoms. The minimum atomic E-state index is -2.82. The summed E-state index contributed by atoms with van der Waals surface area (Å²) < 4.78 is 26.9. The standard InChI is InChI=1S/C12H12BrF2N5O/c13-6-1-7-10(16-3-6)20-9(19-7)4-17-11(21)8-2-12(14,15)5-18-8/h1,3,8,18H,2,4-5H2,(H,17,21)(H,16,19,20). The molecule has 1 aliphatic heterocycles. The third kappa shape index (κ3) is 3.18. The van der Waals surface area contributed by atoms with Crippen LogP contribution in [0.3, 0.4) is 0 Å². The van der Waals surface area contributed by atoms with Crippen LogP contribution < -0.4 is 10.6 Å². The Hall–Kier alpha value is -1.61. The number of H-pyrrole nitrogens is 1. The Balaban J connectivity index is 1.62. The number of alkyl halides is 2. The highest BCUT2D eigenvalue weighted by Gasteiger charge is 2.42. The average Bonchev–Trinajstić information content (AvgIpc) is 2.98. The van der Waals surface area contributed by atoms with Crippen LogP contribution in [0.15, 0.2) is 16.7 Å². The molecule has 3 N–H and O–H groups in total. The number of pyridine rings is 1. The number of aromatic nitrogens is 3. The van der Waals surface area contributed by atoms with Crippen molar-refractivity contribution in [2.45, 2.75) is 24.9 Å². The van der Waals surface area contributed by atoms with Gasteiger partial charge in [-0.15, -0.1) is 0 Å². The summed E-state index contributed by atoms with van der Waals surface area (Å²) in [6.45, 7) is -0.329. The van der Waals surface area contributed by atoms with E-state index in [9.17, 15) is 13.6 Å². The molecule has 1 atom stereocenters. The number of halogens is 3. The number of amides is 1. The highest BCUT2D eigenvalue weighted by atomic mass is 79.9. The van der Waals surface area contributed by atoms with Crippen LogP contribution in [0.1, 0.15) is 12.2 Å². The normalized spacial score (nSPS) is 20.8. The summed E-state index contributed by atoms with van der Waals surface area (Å²) in [5, 5.41) is 5.09. The molecule has 0 bridgehead atoms. The van der Waals surface area contributed by atoms with E-state index in [1.165, 1.54) is 0 Å². The number of nitrogens with one attached hydrogen (secondary N) is 3. The number of aromatic amines is 1. The minimum Gasteiger partial charge on any atom is -0.348 e. The number of hydrogen-bond acceptors (Lipinski definition) is 4. The quantitative estimate of drug-likeness (QED) is 0.772. The first-order valence-electron chi connectivity index (χ1n) is 6.32. The molecular weight excluding hydrogens is 348 g/mol. The molecule has 2 aromatic heterocycles. The molecule has 9 heteroatoms. The molecule has 1 saturated heterocycles. The van der Waals surface area contributed by atoms with Gasteiger partial charge < -0.3 is 10.3 Å². The summed E-state index contributed by atoms with van der Waals surface area (Å²) in [7, 11) is 0. The van der Waals surface area contributed by atoms with Crippen molar-refractivity contribution in [3.8, 4) is 0 Å². The molecule has 3 rings (SSSR count). The van der Waals surface area contributed by atoms with Crippen molar-refractivity contribution in [2.75, 3.05) is 6.54 Å². The smallest absolute Gasteiger partial charge is 0.262 e. The monoisotopic (exact) mass is 359 g/mol. The molecule has 0 spiro atoms. The van der Waals surface area contributed by atoms with Gasteiger partial charge in [0.05, 0.1) is 24.6 Å². The summed E-state index contributed by atoms with van der Waals surface area (Å²) in [6, 6.07) is 0.955. The van der Waals surface area contributed by atoms with E-state index in [0.29, 0.717) is 11.5 Å². The second-order valence-corrected chi connectivity index (χ2v) is 5.84. The maximum atomic E-state index is 13.0. The van der Waals surface area contributed by atoms with Gasteiger partial charge in [0.2, 0.25) is 5.91 Å². The summed E-state index contributed by atoms with van der Waals surface area (Å²) in [4.78, 5) is 23.1. The van der Waals surface area contributed by atoms with Crippen molar-refractivity contribution < 1.29 is 13.6 Å². The second-order valence-electron chi connectivity index (χ2n) is 4.92. The Bertz CT molecular complexity index is 689. The molecule has 1 amide bonds. The lowest BCUT2D eigenvalue weighted by Gasteiger charge is -2.10. The van der Waals surface area contributed by atoms with Crippen LogP contribution in [0.25, 0.3) is 11.2 Å². The molecular formula is C12H12BrF2N5O. The molecule has 0 aliphatic carbocycles. The molecule has 1 unspecified atom stereocenters. The van der Waals surface area contributed by atoms with Gasteiger partial charge in [0.15, 0.2) is 5.65 Å². The number of rotatable bonds is 3. The lowest BCUT2D eigenvalue weighted by atomic mass is 10.2. The third-order valence-electron chi connectivity index (χ3n) is 3.21. The highest BCUT2D eigenvalue weighted by molar-refractivity contribution is 9.10. The van der Waals surface area contributed by atoms with Crippen LogP contribution in [0, 0.1) is 0 Å². The fourth-order valence-electron chi connectivity index (χ4n) is 2.20. The Kier molecular flexibility index (Phi) is 3.62. The molecule has 112 valence electrons. The maximum absolute atomic E-state index is 13.0. The first kappa shape index (κ1) is 14.3. The molecule has 2 aromatic rings. The zero-order valence-electron chi connectivity index (χ0n) is 10.8. The van der Waals surface area contributed by atoms with Gasteiger partial charge in [-0.25, -0.2) is 18.7 Å². The molecule has 0 radical (unpaired) electrons. The van der Waals surface area contributed by atoms with E-state index in [4.69, 9.17) is 0 Å². The van der Waals surface area contributed by atoms with Gasteiger partial charge in [-0.1, -0.05) is 0 Å². The van der Waals surface area contributed by atoms with Crippen molar-refractivity contribution in [2.24, 2.45) is 0 Å². The topological polar surface area (TPSA) is 82.7 Å². The molecule has 3 heterocycles. The Morgan fingerprint density at radius 2 is 2.38 bits per heavy atom. The summed E-state index contributed by atoms with van der Waals surface area (Å²) in [5.41, 5.74) is 1.27. The van der Waals surface area contributed by atoms with Crippen molar-refractivity contribution in [1.29, 1.82) is 0 Å². The van der Waals surface area contributed by atoms with Crippen LogP contribution in [0.2, 0.25) is 0 Å². The SMILES string of the molecule is O=C(NCc1nc2ncc(Br)cc2[nH]1)C1CC(F)(F)CN1. The van der Waals surface area contributed by atoms with Crippen molar-refractivity contribution in [1.82, 2.24) is 25.6 Å². The van der Waals surface area contributed by atoms with E-state index in [2.05, 4.69) is 41.5 Å². The van der Waals surface area contributed by atoms with Crippen LogP contribution >= 0.6 is 15.9 Å². The van der Waals surface area contributed by atoms with Crippen LogP contribution in [0.5, 0.6) is 0 Å². The van der Waals surface area contributed by atoms with Gasteiger partial charge >= 0.3 is 0 Å². The number of carbonyl (C=O) groups is 1. The van der Waals surface area contributed by atoms with Crippen LogP contribution in [-0.2, 0) is 11.3 Å². The summed E-state index contributed by atoms with van der Waals surface area (Å²) >= 11 is 3.30. The van der Waals surface area contributed by atoms with Crippen LogP contribution in [-0.4, -0.2) is 39.4 Å². The predicted molar refractivity (Wildman–Crippen MR) is 74.8 cm³/mol. The second kappa shape index (κ2) is 5.30. The van der Waals surface area contributed by atoms with E-state index >= 15 is 0 Å². The molecule has 0 saturated carbocycles. The van der Waals surface area contributed by atoms with Gasteiger partial charge in [0.1, 0.15) is 5.82 Å². The minimum absolute atomic E-state index is 0.135. The van der Waals surface area contributed by atoms with E-state index < -0.39 is 30.8 Å². The van der Waals surface area contributed by atoms with Gasteiger partial charge in [-0.05, 0) is 22.0 Å². The Morgan fingerprint density at radius 1 is 1.57 bits per heavy atom. The molecule has 6 nitrogen and oxygen atoms in total. The summed E-state index contributed by atoms with van der Waals surface area (Å²) in [6.07, 6.45) is 1.14. The largest absolute Gasteiger partial charge is 0.348 e. The van der Waals surface area contributed by atoms with Gasteiger partial charge in [0.25, 0.3) is 5.92 Å². The van der Waals surface area contributed by atoms with Crippen molar-refractivity contribution >= 4 is 33.0 Å². The molecule has 0 aromatic carbocycles. The van der Waals surface area contributed by atoms with Crippen molar-refractivity contribution in [3.63, 3.8) is 0 Å². The average molecular weight is 360 g/mol. The van der Waals surface area contributed by atoms with Crippen LogP contribution in [0.4, 0.5) is 8.78 Å². The summed E-state index contributed by atoms with van der Waals surface area (Å²) in [5.74, 6) is -2.76. The number of nitrogens with zero attached hydrogens (tertiary/aromatic N) is 2. The van der Waals surface area contributed by atoms with E-state index in [0.717, 1.165) is 9.99 Å². The zero-order chi connectivity index (χ0) is 15.0. The number of hydrogen-bond donors (Lipinski definition) is 3. The van der Waals surface area contributed by atoms with Gasteiger partial charge in [0, 0.05) is 17.1 Å². The number of imidazole rings is 1. The number of carbonyl (C=O) groups excluding carboxylic acids is 1. The zero-order valence-corrected chi connectivity index (χ0v) is 12.4. The number of fused-ring (bicyclic) bond motifs is 1. The van der Waals surface area contributed by atoms with E-state index in [1.54, 1.807) is 6.20 Å². The highest BCUT2D eigenvalue weighted by Crippen LogP contribution is 2.25. The maximum Gasteiger partial charge on any atom is 0.262 e. The van der Waals surface area contributed by atoms with Gasteiger partial charge in [-0.2, -0.15) is 0 Å². The molecule has 1 aliphatic rings. The Morgan fingerprint density at radius 3 is 3.10 bits per heavy atom. The lowest BCUT2D eigenvalue weighted by molar-refractivity contribution is -0.123.